The van der Waals surface area contributed by atoms with Crippen molar-refractivity contribution in [3.63, 3.8) is 0 Å². The Labute approximate surface area is 168 Å². The van der Waals surface area contributed by atoms with Crippen LogP contribution in [0.2, 0.25) is 0 Å². The summed E-state index contributed by atoms with van der Waals surface area (Å²) in [6, 6.07) is 17.1. The standard InChI is InChI=1S/C23H21N3O3/c1-3-29-22(27)15-25-14-17(19-11-7-8-12-21(19)25)13-20-16(2)24-26(23(20)28)18-9-5-4-6-10-18/h4-14H,3,15H2,1-2H3/b20-13-. The third-order valence-corrected chi connectivity index (χ3v) is 4.79. The molecule has 2 aromatic carbocycles. The van der Waals surface area contributed by atoms with Crippen LogP contribution in [0.5, 0.6) is 0 Å². The molecule has 1 aliphatic heterocycles. The van der Waals surface area contributed by atoms with Crippen LogP contribution in [-0.4, -0.2) is 28.8 Å². The molecule has 1 aromatic heterocycles. The predicted molar refractivity (Wildman–Crippen MR) is 114 cm³/mol. The number of aromatic nitrogens is 1. The number of carbonyl (C=O) groups excluding carboxylic acids is 2. The van der Waals surface area contributed by atoms with Gasteiger partial charge in [0.25, 0.3) is 5.91 Å². The first kappa shape index (κ1) is 18.7. The third-order valence-electron chi connectivity index (χ3n) is 4.79. The Morgan fingerprint density at radius 1 is 1.10 bits per heavy atom. The molecule has 0 fully saturated rings. The summed E-state index contributed by atoms with van der Waals surface area (Å²) < 4.78 is 6.93. The van der Waals surface area contributed by atoms with Gasteiger partial charge in [0.1, 0.15) is 6.54 Å². The van der Waals surface area contributed by atoms with Gasteiger partial charge in [0.05, 0.1) is 23.6 Å². The van der Waals surface area contributed by atoms with Gasteiger partial charge in [0, 0.05) is 22.7 Å². The van der Waals surface area contributed by atoms with E-state index in [2.05, 4.69) is 5.10 Å². The first-order valence-electron chi connectivity index (χ1n) is 9.48. The molecule has 0 unspecified atom stereocenters. The number of esters is 1. The lowest BCUT2D eigenvalue weighted by Gasteiger charge is -2.10. The lowest BCUT2D eigenvalue weighted by Crippen LogP contribution is -2.21. The highest BCUT2D eigenvalue weighted by Gasteiger charge is 2.29. The molecule has 0 saturated carbocycles. The van der Waals surface area contributed by atoms with Gasteiger partial charge < -0.3 is 9.30 Å². The average molecular weight is 387 g/mol. The van der Waals surface area contributed by atoms with Crippen molar-refractivity contribution >= 4 is 40.3 Å². The van der Waals surface area contributed by atoms with E-state index in [0.717, 1.165) is 22.2 Å². The average Bonchev–Trinajstić information content (AvgIpc) is 3.21. The van der Waals surface area contributed by atoms with Gasteiger partial charge in [-0.25, -0.2) is 0 Å². The third kappa shape index (κ3) is 3.57. The topological polar surface area (TPSA) is 63.9 Å². The van der Waals surface area contributed by atoms with Crippen molar-refractivity contribution in [1.29, 1.82) is 0 Å². The monoisotopic (exact) mass is 387 g/mol. The van der Waals surface area contributed by atoms with Gasteiger partial charge in [0.2, 0.25) is 0 Å². The second-order valence-corrected chi connectivity index (χ2v) is 6.73. The van der Waals surface area contributed by atoms with Gasteiger partial charge in [0.15, 0.2) is 0 Å². The van der Waals surface area contributed by atoms with E-state index in [1.165, 1.54) is 5.01 Å². The predicted octanol–water partition coefficient (Wildman–Crippen LogP) is 4.01. The van der Waals surface area contributed by atoms with E-state index in [1.807, 2.05) is 78.4 Å². The van der Waals surface area contributed by atoms with Gasteiger partial charge in [-0.2, -0.15) is 10.1 Å². The maximum absolute atomic E-state index is 13.0. The van der Waals surface area contributed by atoms with Gasteiger partial charge in [-0.1, -0.05) is 36.4 Å². The molecular weight excluding hydrogens is 366 g/mol. The summed E-state index contributed by atoms with van der Waals surface area (Å²) in [5.74, 6) is -0.465. The molecule has 0 radical (unpaired) electrons. The van der Waals surface area contributed by atoms with Crippen LogP contribution in [0.15, 0.2) is 71.5 Å². The van der Waals surface area contributed by atoms with E-state index in [-0.39, 0.29) is 18.4 Å². The minimum Gasteiger partial charge on any atom is -0.465 e. The van der Waals surface area contributed by atoms with E-state index in [9.17, 15) is 9.59 Å². The van der Waals surface area contributed by atoms with E-state index in [4.69, 9.17) is 4.74 Å². The van der Waals surface area contributed by atoms with E-state index >= 15 is 0 Å². The summed E-state index contributed by atoms with van der Waals surface area (Å²) in [6.07, 6.45) is 3.72. The number of rotatable bonds is 5. The molecule has 0 N–H and O–H groups in total. The quantitative estimate of drug-likeness (QED) is 0.491. The Kier molecular flexibility index (Phi) is 4.99. The number of fused-ring (bicyclic) bond motifs is 1. The van der Waals surface area contributed by atoms with Crippen LogP contribution in [0.3, 0.4) is 0 Å². The van der Waals surface area contributed by atoms with E-state index < -0.39 is 0 Å². The molecule has 146 valence electrons. The van der Waals surface area contributed by atoms with E-state index in [0.29, 0.717) is 17.9 Å². The van der Waals surface area contributed by atoms with Crippen LogP contribution in [-0.2, 0) is 20.9 Å². The molecule has 1 aliphatic rings. The van der Waals surface area contributed by atoms with Crippen molar-refractivity contribution in [3.05, 3.63) is 71.9 Å². The van der Waals surface area contributed by atoms with Crippen molar-refractivity contribution in [2.24, 2.45) is 5.10 Å². The van der Waals surface area contributed by atoms with Crippen molar-refractivity contribution in [3.8, 4) is 0 Å². The number of nitrogens with zero attached hydrogens (tertiary/aromatic N) is 3. The Hall–Kier alpha value is -3.67. The van der Waals surface area contributed by atoms with Crippen LogP contribution < -0.4 is 5.01 Å². The van der Waals surface area contributed by atoms with Crippen molar-refractivity contribution in [2.75, 3.05) is 11.6 Å². The lowest BCUT2D eigenvalue weighted by atomic mass is 10.1. The minimum atomic E-state index is -0.294. The molecule has 6 nitrogen and oxygen atoms in total. The number of anilines is 1. The van der Waals surface area contributed by atoms with Gasteiger partial charge in [-0.05, 0) is 38.1 Å². The number of hydrazone groups is 1. The number of hydrogen-bond acceptors (Lipinski definition) is 4. The Morgan fingerprint density at radius 2 is 1.83 bits per heavy atom. The second kappa shape index (κ2) is 7.75. The van der Waals surface area contributed by atoms with Crippen LogP contribution in [0.25, 0.3) is 17.0 Å². The number of ether oxygens (including phenoxy) is 1. The molecule has 4 rings (SSSR count). The van der Waals surface area contributed by atoms with Crippen LogP contribution in [0, 0.1) is 0 Å². The molecule has 1 amide bonds. The number of benzene rings is 2. The number of para-hydroxylation sites is 2. The lowest BCUT2D eigenvalue weighted by molar-refractivity contribution is -0.143. The maximum Gasteiger partial charge on any atom is 0.325 e. The summed E-state index contributed by atoms with van der Waals surface area (Å²) in [4.78, 5) is 25.0. The summed E-state index contributed by atoms with van der Waals surface area (Å²) in [5.41, 5.74) is 3.68. The molecule has 29 heavy (non-hydrogen) atoms. The molecule has 0 spiro atoms. The molecule has 3 aromatic rings. The molecule has 0 saturated heterocycles. The zero-order valence-corrected chi connectivity index (χ0v) is 16.3. The van der Waals surface area contributed by atoms with Crippen LogP contribution >= 0.6 is 0 Å². The van der Waals surface area contributed by atoms with Crippen molar-refractivity contribution < 1.29 is 14.3 Å². The van der Waals surface area contributed by atoms with Gasteiger partial charge in [-0.3, -0.25) is 9.59 Å². The van der Waals surface area contributed by atoms with Crippen molar-refractivity contribution in [1.82, 2.24) is 4.57 Å². The molecule has 0 bridgehead atoms. The molecule has 6 heteroatoms. The molecule has 0 aliphatic carbocycles. The normalized spacial score (nSPS) is 15.2. The fraction of sp³-hybridized carbons (Fsp3) is 0.174. The molecular formula is C23H21N3O3. The second-order valence-electron chi connectivity index (χ2n) is 6.73. The zero-order chi connectivity index (χ0) is 20.4. The fourth-order valence-corrected chi connectivity index (χ4v) is 3.45. The first-order chi connectivity index (χ1) is 14.1. The van der Waals surface area contributed by atoms with Gasteiger partial charge in [-0.15, -0.1) is 0 Å². The van der Waals surface area contributed by atoms with E-state index in [1.54, 1.807) is 6.92 Å². The Balaban J connectivity index is 1.72. The van der Waals surface area contributed by atoms with Crippen LogP contribution in [0.1, 0.15) is 19.4 Å². The smallest absolute Gasteiger partial charge is 0.325 e. The highest BCUT2D eigenvalue weighted by atomic mass is 16.5. The number of amides is 1. The number of hydrogen-bond donors (Lipinski definition) is 0. The Morgan fingerprint density at radius 3 is 2.59 bits per heavy atom. The summed E-state index contributed by atoms with van der Waals surface area (Å²) in [6.45, 7) is 4.07. The zero-order valence-electron chi connectivity index (χ0n) is 16.3. The highest BCUT2D eigenvalue weighted by Crippen LogP contribution is 2.28. The summed E-state index contributed by atoms with van der Waals surface area (Å²) in [7, 11) is 0. The Bertz CT molecular complexity index is 1140. The molecule has 2 heterocycles. The minimum absolute atomic E-state index is 0.120. The number of carbonyl (C=O) groups is 2. The summed E-state index contributed by atoms with van der Waals surface area (Å²) in [5, 5.41) is 6.80. The maximum atomic E-state index is 13.0. The fourth-order valence-electron chi connectivity index (χ4n) is 3.45. The first-order valence-corrected chi connectivity index (χ1v) is 9.48. The SMILES string of the molecule is CCOC(=O)Cn1cc(/C=C2\C(=O)N(c3ccccc3)N=C2C)c2ccccc21. The molecule has 0 atom stereocenters. The largest absolute Gasteiger partial charge is 0.465 e. The van der Waals surface area contributed by atoms with Gasteiger partial charge >= 0.3 is 5.97 Å². The van der Waals surface area contributed by atoms with Crippen molar-refractivity contribution in [2.45, 2.75) is 20.4 Å². The van der Waals surface area contributed by atoms with Crippen LogP contribution in [0.4, 0.5) is 5.69 Å². The highest BCUT2D eigenvalue weighted by molar-refractivity contribution is 6.32. The summed E-state index contributed by atoms with van der Waals surface area (Å²) >= 11 is 0.